The molecule has 0 aliphatic carbocycles. The largest absolute Gasteiger partial charge is 0.363 e. The molecule has 0 radical (unpaired) electrons. The van der Waals surface area contributed by atoms with Gasteiger partial charge in [0, 0.05) is 34.9 Å². The molecule has 0 amide bonds. The number of benzene rings is 2. The summed E-state index contributed by atoms with van der Waals surface area (Å²) in [5, 5.41) is 0. The van der Waals surface area contributed by atoms with Crippen LogP contribution in [0.5, 0.6) is 0 Å². The van der Waals surface area contributed by atoms with Crippen molar-refractivity contribution < 1.29 is 4.79 Å². The zero-order valence-electron chi connectivity index (χ0n) is 15.4. The molecule has 0 aromatic heterocycles. The molecule has 0 N–H and O–H groups in total. The van der Waals surface area contributed by atoms with E-state index in [1.165, 1.54) is 0 Å². The Kier molecular flexibility index (Phi) is 6.20. The monoisotopic (exact) mass is 430 g/mol. The van der Waals surface area contributed by atoms with Crippen molar-refractivity contribution in [2.45, 2.75) is 31.6 Å². The van der Waals surface area contributed by atoms with Gasteiger partial charge in [-0.3, -0.25) is 4.79 Å². The number of nitrogens with zero attached hydrogens (tertiary/aromatic N) is 2. The number of carbonyl (C=O) groups excluding carboxylic acids is 1. The summed E-state index contributed by atoms with van der Waals surface area (Å²) in [6, 6.07) is 12.1. The summed E-state index contributed by atoms with van der Waals surface area (Å²) < 4.78 is 1.05. The van der Waals surface area contributed by atoms with Crippen LogP contribution < -0.4 is 0 Å². The van der Waals surface area contributed by atoms with Gasteiger partial charge in [0.05, 0.1) is 11.4 Å². The lowest BCUT2D eigenvalue weighted by atomic mass is 10.0. The second-order valence-corrected chi connectivity index (χ2v) is 8.64. The Morgan fingerprint density at radius 1 is 1.19 bits per heavy atom. The number of carbonyl (C=O) groups is 1. The fraction of sp³-hybridized carbons (Fsp3) is 0.333. The minimum Gasteiger partial charge on any atom is -0.363 e. The summed E-state index contributed by atoms with van der Waals surface area (Å²) >= 11 is 5.00. The fourth-order valence-corrected chi connectivity index (χ4v) is 4.10. The van der Waals surface area contributed by atoms with Crippen LogP contribution >= 0.6 is 27.7 Å². The number of hydrogen-bond acceptors (Lipinski definition) is 3. The molecule has 1 aliphatic heterocycles. The van der Waals surface area contributed by atoms with E-state index in [0.29, 0.717) is 5.75 Å². The molecule has 0 unspecified atom stereocenters. The van der Waals surface area contributed by atoms with Gasteiger partial charge in [0.25, 0.3) is 0 Å². The van der Waals surface area contributed by atoms with Crippen molar-refractivity contribution in [2.24, 2.45) is 4.99 Å². The maximum absolute atomic E-state index is 12.7. The topological polar surface area (TPSA) is 32.7 Å². The van der Waals surface area contributed by atoms with Crippen molar-refractivity contribution in [1.29, 1.82) is 0 Å². The Bertz CT molecular complexity index is 846. The second kappa shape index (κ2) is 8.40. The molecular formula is C21H23BrN2OS. The average molecular weight is 431 g/mol. The Morgan fingerprint density at radius 3 is 2.58 bits per heavy atom. The molecule has 3 rings (SSSR count). The third-order valence-electron chi connectivity index (χ3n) is 4.61. The van der Waals surface area contributed by atoms with Crippen molar-refractivity contribution >= 4 is 45.0 Å². The molecule has 1 heterocycles. The predicted octanol–water partition coefficient (Wildman–Crippen LogP) is 5.80. The average Bonchev–Trinajstić information content (AvgIpc) is 3.02. The molecule has 5 heteroatoms. The minimum atomic E-state index is 0.163. The van der Waals surface area contributed by atoms with E-state index >= 15 is 0 Å². The van der Waals surface area contributed by atoms with Crippen molar-refractivity contribution in [1.82, 2.24) is 4.90 Å². The number of hydrogen-bond donors (Lipinski definition) is 0. The van der Waals surface area contributed by atoms with Gasteiger partial charge in [0.1, 0.15) is 5.84 Å². The molecule has 1 saturated heterocycles. The number of halogens is 1. The highest BCUT2D eigenvalue weighted by Crippen LogP contribution is 2.27. The van der Waals surface area contributed by atoms with Crippen LogP contribution in [-0.4, -0.2) is 35.9 Å². The van der Waals surface area contributed by atoms with E-state index in [9.17, 15) is 4.79 Å². The Hall–Kier alpha value is -1.59. The quantitative estimate of drug-likeness (QED) is 0.443. The fourth-order valence-electron chi connectivity index (χ4n) is 3.05. The highest BCUT2D eigenvalue weighted by atomic mass is 79.9. The van der Waals surface area contributed by atoms with Gasteiger partial charge in [-0.1, -0.05) is 15.9 Å². The van der Waals surface area contributed by atoms with Gasteiger partial charge in [-0.05, 0) is 67.8 Å². The lowest BCUT2D eigenvalue weighted by molar-refractivity contribution is 0.102. The van der Waals surface area contributed by atoms with E-state index in [2.05, 4.69) is 27.9 Å². The molecule has 0 spiro atoms. The van der Waals surface area contributed by atoms with E-state index < -0.39 is 0 Å². The summed E-state index contributed by atoms with van der Waals surface area (Å²) in [7, 11) is 2.09. The predicted molar refractivity (Wildman–Crippen MR) is 114 cm³/mol. The molecule has 0 atom stereocenters. The second-order valence-electron chi connectivity index (χ2n) is 6.67. The summed E-state index contributed by atoms with van der Waals surface area (Å²) in [6.45, 7) is 5.10. The maximum Gasteiger partial charge on any atom is 0.173 e. The van der Waals surface area contributed by atoms with E-state index in [0.717, 1.165) is 57.0 Å². The Labute approximate surface area is 168 Å². The smallest absolute Gasteiger partial charge is 0.173 e. The van der Waals surface area contributed by atoms with E-state index in [4.69, 9.17) is 4.99 Å². The lowest BCUT2D eigenvalue weighted by Crippen LogP contribution is -2.18. The number of likely N-dealkylation sites (tertiary alicyclic amines) is 1. The molecular weight excluding hydrogens is 408 g/mol. The van der Waals surface area contributed by atoms with Gasteiger partial charge in [0.2, 0.25) is 0 Å². The molecule has 1 fully saturated rings. The van der Waals surface area contributed by atoms with Crippen LogP contribution in [0.25, 0.3) is 0 Å². The third-order valence-corrected chi connectivity index (χ3v) is 6.15. The van der Waals surface area contributed by atoms with Crippen LogP contribution in [0, 0.1) is 13.8 Å². The Balaban J connectivity index is 1.74. The van der Waals surface area contributed by atoms with Gasteiger partial charge in [-0.15, -0.1) is 11.8 Å². The van der Waals surface area contributed by atoms with Crippen LogP contribution in [0.15, 0.2) is 50.8 Å². The normalized spacial score (nSPS) is 15.7. The number of amidine groups is 1. The zero-order valence-corrected chi connectivity index (χ0v) is 17.8. The van der Waals surface area contributed by atoms with Gasteiger partial charge >= 0.3 is 0 Å². The van der Waals surface area contributed by atoms with Crippen LogP contribution in [0.4, 0.5) is 5.69 Å². The lowest BCUT2D eigenvalue weighted by Gasteiger charge is -2.13. The maximum atomic E-state index is 12.7. The van der Waals surface area contributed by atoms with E-state index in [1.54, 1.807) is 11.8 Å². The number of aryl methyl sites for hydroxylation is 2. The SMILES string of the molecule is Cc1cc(C(=O)CSc2ccc(Br)cc2)c(C)cc1/N=C1\CCCN1C. The number of ketones is 1. The van der Waals surface area contributed by atoms with Crippen molar-refractivity contribution in [3.05, 3.63) is 57.6 Å². The highest BCUT2D eigenvalue weighted by molar-refractivity contribution is 9.10. The van der Waals surface area contributed by atoms with Crippen molar-refractivity contribution in [3.63, 3.8) is 0 Å². The summed E-state index contributed by atoms with van der Waals surface area (Å²) in [5.41, 5.74) is 3.83. The van der Waals surface area contributed by atoms with Crippen LogP contribution in [0.3, 0.4) is 0 Å². The standard InChI is InChI=1S/C21H23BrN2OS/c1-14-12-19(23-21-5-4-10-24(21)3)15(2)11-18(14)20(25)13-26-17-8-6-16(22)7-9-17/h6-9,11-12H,4-5,10,13H2,1-3H3/b23-21+. The van der Waals surface area contributed by atoms with E-state index in [1.807, 2.05) is 50.2 Å². The molecule has 3 nitrogen and oxygen atoms in total. The molecule has 1 aliphatic rings. The van der Waals surface area contributed by atoms with Gasteiger partial charge in [0.15, 0.2) is 5.78 Å². The summed E-state index contributed by atoms with van der Waals surface area (Å²) in [5.74, 6) is 1.74. The summed E-state index contributed by atoms with van der Waals surface area (Å²) in [4.78, 5) is 20.8. The summed E-state index contributed by atoms with van der Waals surface area (Å²) in [6.07, 6.45) is 2.19. The number of Topliss-reactive ketones (excluding diaryl/α,β-unsaturated/α-hetero) is 1. The molecule has 136 valence electrons. The molecule has 0 saturated carbocycles. The van der Waals surface area contributed by atoms with Crippen LogP contribution in [0.2, 0.25) is 0 Å². The van der Waals surface area contributed by atoms with Crippen molar-refractivity contribution in [3.8, 4) is 0 Å². The molecule has 0 bridgehead atoms. The molecule has 2 aromatic rings. The van der Waals surface area contributed by atoms with Crippen molar-refractivity contribution in [2.75, 3.05) is 19.3 Å². The minimum absolute atomic E-state index is 0.163. The number of thioether (sulfide) groups is 1. The third kappa shape index (κ3) is 4.57. The molecule has 2 aromatic carbocycles. The van der Waals surface area contributed by atoms with Gasteiger partial charge in [-0.25, -0.2) is 4.99 Å². The first-order valence-corrected chi connectivity index (χ1v) is 10.5. The Morgan fingerprint density at radius 2 is 1.92 bits per heavy atom. The first-order chi connectivity index (χ1) is 12.4. The number of rotatable bonds is 5. The van der Waals surface area contributed by atoms with Gasteiger partial charge < -0.3 is 4.90 Å². The van der Waals surface area contributed by atoms with Crippen LogP contribution in [-0.2, 0) is 0 Å². The van der Waals surface area contributed by atoms with Gasteiger partial charge in [-0.2, -0.15) is 0 Å². The van der Waals surface area contributed by atoms with Crippen LogP contribution in [0.1, 0.15) is 34.3 Å². The first kappa shape index (κ1) is 19.2. The highest BCUT2D eigenvalue weighted by Gasteiger charge is 2.16. The number of aliphatic imine (C=N–C) groups is 1. The first-order valence-electron chi connectivity index (χ1n) is 8.75. The molecule has 26 heavy (non-hydrogen) atoms. The zero-order chi connectivity index (χ0) is 18.7. The van der Waals surface area contributed by atoms with E-state index in [-0.39, 0.29) is 5.78 Å².